The molecule has 0 saturated heterocycles. The molecule has 2 heterocycles. The standard InChI is InChI=1S/C23H30N4O2S/c1-7-12-26-16(4)13-20(17(26)5)21(28)14-30-23-25-24-22(27(23)15(2)3)18-8-10-19(29-6)11-9-18/h8-11,13,15H,7,12,14H2,1-6H3. The Bertz CT molecular complexity index is 1020. The summed E-state index contributed by atoms with van der Waals surface area (Å²) in [4.78, 5) is 12.9. The smallest absolute Gasteiger partial charge is 0.192 e. The van der Waals surface area contributed by atoms with Crippen LogP contribution >= 0.6 is 11.8 Å². The molecule has 2 aromatic heterocycles. The lowest BCUT2D eigenvalue weighted by molar-refractivity contribution is 0.102. The van der Waals surface area contributed by atoms with E-state index in [1.807, 2.05) is 37.3 Å². The first kappa shape index (κ1) is 22.2. The van der Waals surface area contributed by atoms with E-state index in [1.165, 1.54) is 11.8 Å². The van der Waals surface area contributed by atoms with Crippen LogP contribution < -0.4 is 4.74 Å². The van der Waals surface area contributed by atoms with Crippen molar-refractivity contribution in [1.29, 1.82) is 0 Å². The Hall–Kier alpha value is -2.54. The fraction of sp³-hybridized carbons (Fsp3) is 0.435. The number of Topliss-reactive ketones (excluding diaryl/α,β-unsaturated/α-hetero) is 1. The number of hydrogen-bond acceptors (Lipinski definition) is 5. The van der Waals surface area contributed by atoms with Crippen molar-refractivity contribution in [2.75, 3.05) is 12.9 Å². The Morgan fingerprint density at radius 3 is 2.47 bits per heavy atom. The van der Waals surface area contributed by atoms with Crippen molar-refractivity contribution in [2.45, 2.75) is 58.8 Å². The molecule has 30 heavy (non-hydrogen) atoms. The van der Waals surface area contributed by atoms with Crippen molar-refractivity contribution in [1.82, 2.24) is 19.3 Å². The SMILES string of the molecule is CCCn1c(C)cc(C(=O)CSc2nnc(-c3ccc(OC)cc3)n2C(C)C)c1C. The molecule has 1 aromatic carbocycles. The van der Waals surface area contributed by atoms with Crippen molar-refractivity contribution in [3.8, 4) is 17.1 Å². The minimum Gasteiger partial charge on any atom is -0.497 e. The Balaban J connectivity index is 1.81. The summed E-state index contributed by atoms with van der Waals surface area (Å²) in [5.41, 5.74) is 3.96. The molecule has 0 N–H and O–H groups in total. The molecule has 160 valence electrons. The van der Waals surface area contributed by atoms with Gasteiger partial charge in [0.05, 0.1) is 12.9 Å². The number of ketones is 1. The van der Waals surface area contributed by atoms with E-state index in [0.29, 0.717) is 5.75 Å². The van der Waals surface area contributed by atoms with Gasteiger partial charge in [0.1, 0.15) is 5.75 Å². The van der Waals surface area contributed by atoms with Gasteiger partial charge in [0.25, 0.3) is 0 Å². The van der Waals surface area contributed by atoms with Gasteiger partial charge in [-0.05, 0) is 64.4 Å². The van der Waals surface area contributed by atoms with Crippen molar-refractivity contribution >= 4 is 17.5 Å². The average Bonchev–Trinajstić information content (AvgIpc) is 3.29. The van der Waals surface area contributed by atoms with Gasteiger partial charge >= 0.3 is 0 Å². The molecule has 0 aliphatic rings. The first-order valence-electron chi connectivity index (χ1n) is 10.3. The fourth-order valence-corrected chi connectivity index (χ4v) is 4.59. The Kier molecular flexibility index (Phi) is 7.02. The molecular formula is C23H30N4O2S. The number of aryl methyl sites for hydroxylation is 1. The average molecular weight is 427 g/mol. The lowest BCUT2D eigenvalue weighted by atomic mass is 10.2. The van der Waals surface area contributed by atoms with E-state index in [4.69, 9.17) is 4.74 Å². The zero-order valence-electron chi connectivity index (χ0n) is 18.6. The van der Waals surface area contributed by atoms with E-state index in [1.54, 1.807) is 7.11 Å². The fourth-order valence-electron chi connectivity index (χ4n) is 3.64. The highest BCUT2D eigenvalue weighted by Gasteiger charge is 2.20. The van der Waals surface area contributed by atoms with Gasteiger partial charge in [-0.15, -0.1) is 10.2 Å². The second-order valence-corrected chi connectivity index (χ2v) is 8.59. The van der Waals surface area contributed by atoms with Crippen LogP contribution in [0.15, 0.2) is 35.5 Å². The van der Waals surface area contributed by atoms with Crippen LogP contribution in [0.2, 0.25) is 0 Å². The summed E-state index contributed by atoms with van der Waals surface area (Å²) in [5, 5.41) is 9.55. The van der Waals surface area contributed by atoms with Crippen LogP contribution in [-0.2, 0) is 6.54 Å². The van der Waals surface area contributed by atoms with Gasteiger partial charge in [0, 0.05) is 35.1 Å². The molecule has 0 aliphatic carbocycles. The summed E-state index contributed by atoms with van der Waals surface area (Å²) in [5.74, 6) is 2.06. The summed E-state index contributed by atoms with van der Waals surface area (Å²) in [6, 6.07) is 9.95. The topological polar surface area (TPSA) is 61.9 Å². The second-order valence-electron chi connectivity index (χ2n) is 7.65. The molecule has 6 nitrogen and oxygen atoms in total. The van der Waals surface area contributed by atoms with Crippen LogP contribution in [-0.4, -0.2) is 38.0 Å². The van der Waals surface area contributed by atoms with E-state index in [0.717, 1.165) is 52.2 Å². The molecule has 0 amide bonds. The Morgan fingerprint density at radius 1 is 1.17 bits per heavy atom. The monoisotopic (exact) mass is 426 g/mol. The van der Waals surface area contributed by atoms with Crippen LogP contribution in [0.5, 0.6) is 5.75 Å². The highest BCUT2D eigenvalue weighted by atomic mass is 32.2. The largest absolute Gasteiger partial charge is 0.497 e. The van der Waals surface area contributed by atoms with Crippen LogP contribution in [0, 0.1) is 13.8 Å². The summed E-state index contributed by atoms with van der Waals surface area (Å²) in [7, 11) is 1.65. The first-order valence-corrected chi connectivity index (χ1v) is 11.3. The third-order valence-corrected chi connectivity index (χ3v) is 6.13. The summed E-state index contributed by atoms with van der Waals surface area (Å²) in [6.07, 6.45) is 1.05. The molecule has 0 radical (unpaired) electrons. The third kappa shape index (κ3) is 4.46. The molecule has 3 aromatic rings. The zero-order valence-corrected chi connectivity index (χ0v) is 19.4. The molecule has 7 heteroatoms. The van der Waals surface area contributed by atoms with Gasteiger partial charge in [-0.1, -0.05) is 18.7 Å². The van der Waals surface area contributed by atoms with Crippen LogP contribution in [0.4, 0.5) is 0 Å². The van der Waals surface area contributed by atoms with Gasteiger partial charge in [-0.2, -0.15) is 0 Å². The predicted octanol–water partition coefficient (Wildman–Crippen LogP) is 5.34. The van der Waals surface area contributed by atoms with Gasteiger partial charge in [0.2, 0.25) is 0 Å². The molecule has 0 aliphatic heterocycles. The number of carbonyl (C=O) groups excluding carboxylic acids is 1. The van der Waals surface area contributed by atoms with Gasteiger partial charge in [-0.3, -0.25) is 9.36 Å². The number of thioether (sulfide) groups is 1. The number of methoxy groups -OCH3 is 1. The van der Waals surface area contributed by atoms with Gasteiger partial charge < -0.3 is 9.30 Å². The Labute approximate surface area is 182 Å². The molecule has 0 atom stereocenters. The number of ether oxygens (including phenoxy) is 1. The summed E-state index contributed by atoms with van der Waals surface area (Å²) in [6.45, 7) is 11.4. The minimum atomic E-state index is 0.125. The van der Waals surface area contributed by atoms with E-state index < -0.39 is 0 Å². The number of hydrogen-bond donors (Lipinski definition) is 0. The zero-order chi connectivity index (χ0) is 21.8. The Morgan fingerprint density at radius 2 is 1.87 bits per heavy atom. The first-order chi connectivity index (χ1) is 14.4. The number of benzene rings is 1. The summed E-state index contributed by atoms with van der Waals surface area (Å²) >= 11 is 1.44. The molecule has 0 bridgehead atoms. The maximum Gasteiger partial charge on any atom is 0.192 e. The van der Waals surface area contributed by atoms with Crippen LogP contribution in [0.1, 0.15) is 55.0 Å². The van der Waals surface area contributed by atoms with Crippen LogP contribution in [0.25, 0.3) is 11.4 Å². The number of nitrogens with zero attached hydrogens (tertiary/aromatic N) is 4. The highest BCUT2D eigenvalue weighted by molar-refractivity contribution is 7.99. The second kappa shape index (κ2) is 9.51. The molecular weight excluding hydrogens is 396 g/mol. The van der Waals surface area contributed by atoms with Crippen molar-refractivity contribution in [2.24, 2.45) is 0 Å². The number of aromatic nitrogens is 4. The van der Waals surface area contributed by atoms with E-state index >= 15 is 0 Å². The molecule has 0 spiro atoms. The lowest BCUT2D eigenvalue weighted by Crippen LogP contribution is -2.09. The van der Waals surface area contributed by atoms with E-state index in [-0.39, 0.29) is 11.8 Å². The van der Waals surface area contributed by atoms with E-state index in [9.17, 15) is 4.79 Å². The quantitative estimate of drug-likeness (QED) is 0.341. The van der Waals surface area contributed by atoms with Crippen molar-refractivity contribution < 1.29 is 9.53 Å². The number of rotatable bonds is 9. The highest BCUT2D eigenvalue weighted by Crippen LogP contribution is 2.29. The third-order valence-electron chi connectivity index (χ3n) is 5.18. The maximum absolute atomic E-state index is 12.9. The summed E-state index contributed by atoms with van der Waals surface area (Å²) < 4.78 is 9.55. The molecule has 0 fully saturated rings. The minimum absolute atomic E-state index is 0.125. The lowest BCUT2D eigenvalue weighted by Gasteiger charge is -2.14. The molecule has 3 rings (SSSR count). The van der Waals surface area contributed by atoms with Crippen molar-refractivity contribution in [3.05, 3.63) is 47.3 Å². The van der Waals surface area contributed by atoms with Crippen molar-refractivity contribution in [3.63, 3.8) is 0 Å². The van der Waals surface area contributed by atoms with Gasteiger partial charge in [-0.25, -0.2) is 0 Å². The molecule has 0 unspecified atom stereocenters. The maximum atomic E-state index is 12.9. The van der Waals surface area contributed by atoms with E-state index in [2.05, 4.69) is 47.0 Å². The predicted molar refractivity (Wildman–Crippen MR) is 122 cm³/mol. The van der Waals surface area contributed by atoms with Gasteiger partial charge in [0.15, 0.2) is 16.8 Å². The normalized spacial score (nSPS) is 11.3. The van der Waals surface area contributed by atoms with Crippen LogP contribution in [0.3, 0.4) is 0 Å². The molecule has 0 saturated carbocycles. The number of carbonyl (C=O) groups is 1.